The highest BCUT2D eigenvalue weighted by atomic mass is 19.4. The minimum Gasteiger partial charge on any atom is -0.323 e. The predicted molar refractivity (Wildman–Crippen MR) is 45.7 cm³/mol. The Labute approximate surface area is 92.2 Å². The van der Waals surface area contributed by atoms with Gasteiger partial charge in [-0.2, -0.15) is 31.4 Å². The van der Waals surface area contributed by atoms with Crippen LogP contribution in [0.4, 0.5) is 26.3 Å². The van der Waals surface area contributed by atoms with Crippen molar-refractivity contribution >= 4 is 0 Å². The Morgan fingerprint density at radius 1 is 1.18 bits per heavy atom. The summed E-state index contributed by atoms with van der Waals surface area (Å²) >= 11 is 0. The van der Waals surface area contributed by atoms with Gasteiger partial charge in [0.25, 0.3) is 0 Å². The maximum Gasteiger partial charge on any atom is 0.402 e. The second-order valence-electron chi connectivity index (χ2n) is 3.53. The zero-order valence-electron chi connectivity index (χ0n) is 8.55. The van der Waals surface area contributed by atoms with Crippen LogP contribution in [0.5, 0.6) is 0 Å². The van der Waals surface area contributed by atoms with Gasteiger partial charge >= 0.3 is 12.4 Å². The molecule has 0 spiro atoms. The van der Waals surface area contributed by atoms with Crippen molar-refractivity contribution in [3.05, 3.63) is 18.0 Å². The van der Waals surface area contributed by atoms with Crippen molar-refractivity contribution in [2.24, 2.45) is 18.7 Å². The molecule has 0 aliphatic rings. The molecule has 0 aliphatic carbocycles. The van der Waals surface area contributed by atoms with E-state index in [9.17, 15) is 26.3 Å². The number of aromatic nitrogens is 2. The number of hydrogen-bond acceptors (Lipinski definition) is 2. The highest BCUT2D eigenvalue weighted by molar-refractivity contribution is 5.12. The summed E-state index contributed by atoms with van der Waals surface area (Å²) < 4.78 is 75.1. The monoisotopic (exact) mass is 261 g/mol. The molecular weight excluding hydrogens is 252 g/mol. The zero-order valence-corrected chi connectivity index (χ0v) is 8.55. The van der Waals surface area contributed by atoms with Crippen LogP contribution in [-0.2, 0) is 7.05 Å². The predicted octanol–water partition coefficient (Wildman–Crippen LogP) is 2.16. The van der Waals surface area contributed by atoms with Gasteiger partial charge in [-0.15, -0.1) is 0 Å². The summed E-state index contributed by atoms with van der Waals surface area (Å²) in [4.78, 5) is 0. The van der Waals surface area contributed by atoms with Gasteiger partial charge in [-0.3, -0.25) is 4.68 Å². The van der Waals surface area contributed by atoms with E-state index in [0.29, 0.717) is 0 Å². The van der Waals surface area contributed by atoms with Crippen LogP contribution in [-0.4, -0.2) is 22.1 Å². The number of hydrogen-bond donors (Lipinski definition) is 1. The summed E-state index contributed by atoms with van der Waals surface area (Å²) in [6.45, 7) is 0. The Morgan fingerprint density at radius 2 is 1.65 bits per heavy atom. The number of nitrogens with zero attached hydrogens (tertiary/aromatic N) is 2. The van der Waals surface area contributed by atoms with Gasteiger partial charge in [-0.05, 0) is 0 Å². The fourth-order valence-corrected chi connectivity index (χ4v) is 1.40. The Hall–Kier alpha value is -1.25. The molecule has 3 nitrogen and oxygen atoms in total. The van der Waals surface area contributed by atoms with E-state index in [1.165, 1.54) is 7.05 Å². The van der Waals surface area contributed by atoms with E-state index in [1.54, 1.807) is 0 Å². The molecule has 1 heterocycles. The van der Waals surface area contributed by atoms with E-state index in [2.05, 4.69) is 5.10 Å². The van der Waals surface area contributed by atoms with Gasteiger partial charge < -0.3 is 5.73 Å². The third kappa shape index (κ3) is 3.11. The molecule has 0 fully saturated rings. The summed E-state index contributed by atoms with van der Waals surface area (Å²) in [6, 6.07) is -2.22. The number of alkyl halides is 6. The summed E-state index contributed by atoms with van der Waals surface area (Å²) in [5.41, 5.74) is 4.72. The van der Waals surface area contributed by atoms with Crippen molar-refractivity contribution in [1.82, 2.24) is 9.78 Å². The molecule has 0 aromatic carbocycles. The second kappa shape index (κ2) is 4.21. The Kier molecular flexibility index (Phi) is 3.42. The average molecular weight is 261 g/mol. The molecule has 0 bridgehead atoms. The van der Waals surface area contributed by atoms with Crippen molar-refractivity contribution in [2.75, 3.05) is 0 Å². The van der Waals surface area contributed by atoms with Gasteiger partial charge in [0.1, 0.15) is 0 Å². The van der Waals surface area contributed by atoms with Crippen molar-refractivity contribution in [2.45, 2.75) is 18.4 Å². The summed E-state index contributed by atoms with van der Waals surface area (Å²) in [5.74, 6) is -3.60. The largest absolute Gasteiger partial charge is 0.402 e. The first-order valence-corrected chi connectivity index (χ1v) is 4.41. The van der Waals surface area contributed by atoms with Gasteiger partial charge in [-0.25, -0.2) is 0 Å². The molecule has 1 unspecified atom stereocenters. The Balaban J connectivity index is 3.08. The molecule has 1 aromatic rings. The maximum absolute atomic E-state index is 12.3. The van der Waals surface area contributed by atoms with E-state index in [1.807, 2.05) is 0 Å². The zero-order chi connectivity index (χ0) is 13.4. The average Bonchev–Trinajstić information content (AvgIpc) is 2.45. The van der Waals surface area contributed by atoms with E-state index < -0.39 is 24.3 Å². The lowest BCUT2D eigenvalue weighted by atomic mass is 9.95. The van der Waals surface area contributed by atoms with Crippen molar-refractivity contribution in [3.63, 3.8) is 0 Å². The minimum absolute atomic E-state index is 0.313. The number of aryl methyl sites for hydroxylation is 1. The van der Waals surface area contributed by atoms with Gasteiger partial charge in [0.2, 0.25) is 0 Å². The van der Waals surface area contributed by atoms with Crippen LogP contribution in [0.15, 0.2) is 12.4 Å². The molecule has 17 heavy (non-hydrogen) atoms. The summed E-state index contributed by atoms with van der Waals surface area (Å²) in [5, 5.41) is 3.49. The standard InChI is InChI=1S/C8H9F6N3/c1-17-3-4(2-16-17)5(15)6(7(9,10)11)8(12,13)14/h2-3,5-6H,15H2,1H3. The fourth-order valence-electron chi connectivity index (χ4n) is 1.40. The molecule has 1 aromatic heterocycles. The van der Waals surface area contributed by atoms with Crippen LogP contribution < -0.4 is 5.73 Å². The Morgan fingerprint density at radius 3 is 1.94 bits per heavy atom. The van der Waals surface area contributed by atoms with Crippen molar-refractivity contribution in [3.8, 4) is 0 Å². The van der Waals surface area contributed by atoms with Crippen LogP contribution in [0, 0.1) is 5.92 Å². The first kappa shape index (κ1) is 13.8. The second-order valence-corrected chi connectivity index (χ2v) is 3.53. The number of rotatable bonds is 2. The lowest BCUT2D eigenvalue weighted by molar-refractivity contribution is -0.290. The molecule has 9 heteroatoms. The SMILES string of the molecule is Cn1cc(C(N)C(C(F)(F)F)C(F)(F)F)cn1. The summed E-state index contributed by atoms with van der Waals surface area (Å²) in [7, 11) is 1.37. The van der Waals surface area contributed by atoms with E-state index in [0.717, 1.165) is 17.1 Å². The van der Waals surface area contributed by atoms with Crippen LogP contribution in [0.3, 0.4) is 0 Å². The molecular formula is C8H9F6N3. The van der Waals surface area contributed by atoms with Gasteiger partial charge in [0.05, 0.1) is 12.2 Å². The molecule has 0 saturated carbocycles. The Bertz CT molecular complexity index is 365. The summed E-state index contributed by atoms with van der Waals surface area (Å²) in [6.07, 6.45) is -8.99. The lowest BCUT2D eigenvalue weighted by Gasteiger charge is -2.27. The van der Waals surface area contributed by atoms with Crippen LogP contribution in [0.1, 0.15) is 11.6 Å². The third-order valence-corrected chi connectivity index (χ3v) is 2.17. The minimum atomic E-state index is -5.45. The molecule has 2 N–H and O–H groups in total. The lowest BCUT2D eigenvalue weighted by Crippen LogP contribution is -2.43. The quantitative estimate of drug-likeness (QED) is 0.829. The van der Waals surface area contributed by atoms with E-state index in [-0.39, 0.29) is 5.56 Å². The third-order valence-electron chi connectivity index (χ3n) is 2.17. The first-order chi connectivity index (χ1) is 7.53. The van der Waals surface area contributed by atoms with Crippen LogP contribution in [0.2, 0.25) is 0 Å². The first-order valence-electron chi connectivity index (χ1n) is 4.41. The van der Waals surface area contributed by atoms with Gasteiger partial charge in [0, 0.05) is 18.8 Å². The van der Waals surface area contributed by atoms with Crippen molar-refractivity contribution < 1.29 is 26.3 Å². The molecule has 98 valence electrons. The fraction of sp³-hybridized carbons (Fsp3) is 0.625. The van der Waals surface area contributed by atoms with Gasteiger partial charge in [-0.1, -0.05) is 0 Å². The molecule has 0 aliphatic heterocycles. The molecule has 0 radical (unpaired) electrons. The smallest absolute Gasteiger partial charge is 0.323 e. The molecule has 0 amide bonds. The molecule has 0 saturated heterocycles. The van der Waals surface area contributed by atoms with Gasteiger partial charge in [0.15, 0.2) is 5.92 Å². The highest BCUT2D eigenvalue weighted by Gasteiger charge is 2.59. The van der Waals surface area contributed by atoms with E-state index in [4.69, 9.17) is 5.73 Å². The number of halogens is 6. The van der Waals surface area contributed by atoms with Crippen LogP contribution >= 0.6 is 0 Å². The normalized spacial score (nSPS) is 15.4. The van der Waals surface area contributed by atoms with E-state index >= 15 is 0 Å². The van der Waals surface area contributed by atoms with Crippen molar-refractivity contribution in [1.29, 1.82) is 0 Å². The molecule has 1 rings (SSSR count). The maximum atomic E-state index is 12.3. The number of nitrogens with two attached hydrogens (primary N) is 1. The highest BCUT2D eigenvalue weighted by Crippen LogP contribution is 2.45. The topological polar surface area (TPSA) is 43.8 Å². The van der Waals surface area contributed by atoms with Crippen LogP contribution in [0.25, 0.3) is 0 Å². The molecule has 1 atom stereocenters.